The Morgan fingerprint density at radius 1 is 1.45 bits per heavy atom. The van der Waals surface area contributed by atoms with Crippen molar-refractivity contribution in [2.24, 2.45) is 0 Å². The van der Waals surface area contributed by atoms with E-state index in [2.05, 4.69) is 10.4 Å². The van der Waals surface area contributed by atoms with E-state index in [0.717, 1.165) is 0 Å². The lowest BCUT2D eigenvalue weighted by Gasteiger charge is -2.08. The minimum atomic E-state index is -0.464. The summed E-state index contributed by atoms with van der Waals surface area (Å²) in [6.07, 6.45) is 3.43. The molecular formula is C13H16N4O3. The van der Waals surface area contributed by atoms with Crippen molar-refractivity contribution in [3.63, 3.8) is 0 Å². The number of benzene rings is 1. The summed E-state index contributed by atoms with van der Waals surface area (Å²) < 4.78 is 6.80. The molecule has 0 aliphatic heterocycles. The van der Waals surface area contributed by atoms with Crippen LogP contribution < -0.4 is 10.1 Å². The maximum atomic E-state index is 11.2. The van der Waals surface area contributed by atoms with Gasteiger partial charge in [0, 0.05) is 12.2 Å². The molecule has 2 aromatic rings. The number of ether oxygens (including phenoxy) is 1. The molecule has 20 heavy (non-hydrogen) atoms. The number of para-hydroxylation sites is 1. The van der Waals surface area contributed by atoms with Crippen LogP contribution >= 0.6 is 0 Å². The summed E-state index contributed by atoms with van der Waals surface area (Å²) in [4.78, 5) is 10.7. The third kappa shape index (κ3) is 2.71. The lowest BCUT2D eigenvalue weighted by molar-refractivity contribution is -0.384. The number of nitro benzene ring substituents is 1. The Balaban J connectivity index is 2.35. The first kappa shape index (κ1) is 13.9. The maximum absolute atomic E-state index is 11.2. The van der Waals surface area contributed by atoms with Crippen molar-refractivity contribution in [1.82, 2.24) is 9.78 Å². The molecule has 1 aromatic carbocycles. The van der Waals surface area contributed by atoms with Gasteiger partial charge in [0.15, 0.2) is 5.75 Å². The fourth-order valence-electron chi connectivity index (χ4n) is 1.82. The van der Waals surface area contributed by atoms with E-state index in [4.69, 9.17) is 4.74 Å². The fourth-order valence-corrected chi connectivity index (χ4v) is 1.82. The molecule has 0 bridgehead atoms. The van der Waals surface area contributed by atoms with E-state index in [1.165, 1.54) is 7.11 Å². The van der Waals surface area contributed by atoms with Gasteiger partial charge in [-0.1, -0.05) is 6.07 Å². The van der Waals surface area contributed by atoms with E-state index < -0.39 is 4.92 Å². The van der Waals surface area contributed by atoms with Crippen LogP contribution in [-0.4, -0.2) is 21.8 Å². The molecule has 1 heterocycles. The van der Waals surface area contributed by atoms with Crippen molar-refractivity contribution < 1.29 is 9.66 Å². The van der Waals surface area contributed by atoms with Crippen LogP contribution in [0.25, 0.3) is 0 Å². The van der Waals surface area contributed by atoms with Crippen molar-refractivity contribution in [1.29, 1.82) is 0 Å². The molecule has 1 N–H and O–H groups in total. The predicted octanol–water partition coefficient (Wildman–Crippen LogP) is 3.12. The first-order valence-electron chi connectivity index (χ1n) is 6.15. The third-order valence-corrected chi connectivity index (χ3v) is 2.81. The monoisotopic (exact) mass is 276 g/mol. The Morgan fingerprint density at radius 2 is 2.20 bits per heavy atom. The minimum absolute atomic E-state index is 0.0905. The summed E-state index contributed by atoms with van der Waals surface area (Å²) in [6.45, 7) is 4.01. The third-order valence-electron chi connectivity index (χ3n) is 2.81. The van der Waals surface area contributed by atoms with Gasteiger partial charge in [-0.2, -0.15) is 5.10 Å². The van der Waals surface area contributed by atoms with Gasteiger partial charge >= 0.3 is 5.69 Å². The Labute approximate surface area is 116 Å². The van der Waals surface area contributed by atoms with Crippen LogP contribution in [0.2, 0.25) is 0 Å². The van der Waals surface area contributed by atoms with Crippen molar-refractivity contribution in [3.05, 3.63) is 40.7 Å². The minimum Gasteiger partial charge on any atom is -0.490 e. The standard InChI is InChI=1S/C13H16N4O3/c1-9(2)16-8-10(7-14-16)15-11-5-4-6-12(20-3)13(11)17(18)19/h4-9,15H,1-3H3. The van der Waals surface area contributed by atoms with Crippen LogP contribution in [0.3, 0.4) is 0 Å². The molecule has 0 aliphatic carbocycles. The Kier molecular flexibility index (Phi) is 3.88. The molecule has 0 radical (unpaired) electrons. The smallest absolute Gasteiger partial charge is 0.334 e. The van der Waals surface area contributed by atoms with E-state index in [0.29, 0.717) is 11.4 Å². The number of aromatic nitrogens is 2. The Morgan fingerprint density at radius 3 is 2.75 bits per heavy atom. The average molecular weight is 276 g/mol. The lowest BCUT2D eigenvalue weighted by Crippen LogP contribution is -2.01. The van der Waals surface area contributed by atoms with Crippen molar-refractivity contribution in [2.45, 2.75) is 19.9 Å². The number of hydrogen-bond acceptors (Lipinski definition) is 5. The molecule has 7 nitrogen and oxygen atoms in total. The molecular weight excluding hydrogens is 260 g/mol. The van der Waals surface area contributed by atoms with Gasteiger partial charge in [0.2, 0.25) is 0 Å². The van der Waals surface area contributed by atoms with Crippen LogP contribution in [0.15, 0.2) is 30.6 Å². The molecule has 0 atom stereocenters. The lowest BCUT2D eigenvalue weighted by atomic mass is 10.2. The zero-order valence-electron chi connectivity index (χ0n) is 11.5. The maximum Gasteiger partial charge on any atom is 0.334 e. The van der Waals surface area contributed by atoms with Crippen molar-refractivity contribution >= 4 is 17.1 Å². The number of nitrogens with one attached hydrogen (secondary N) is 1. The predicted molar refractivity (Wildman–Crippen MR) is 75.5 cm³/mol. The van der Waals surface area contributed by atoms with E-state index in [9.17, 15) is 10.1 Å². The molecule has 0 fully saturated rings. The molecule has 0 spiro atoms. The summed E-state index contributed by atoms with van der Waals surface area (Å²) in [7, 11) is 1.41. The fraction of sp³-hybridized carbons (Fsp3) is 0.308. The van der Waals surface area contributed by atoms with E-state index in [1.54, 1.807) is 35.3 Å². The van der Waals surface area contributed by atoms with Gasteiger partial charge < -0.3 is 10.1 Å². The van der Waals surface area contributed by atoms with Gasteiger partial charge in [-0.05, 0) is 26.0 Å². The largest absolute Gasteiger partial charge is 0.490 e. The van der Waals surface area contributed by atoms with Gasteiger partial charge in [0.05, 0.1) is 23.9 Å². The zero-order valence-corrected chi connectivity index (χ0v) is 11.5. The van der Waals surface area contributed by atoms with Gasteiger partial charge in [0.1, 0.15) is 5.69 Å². The number of nitrogens with zero attached hydrogens (tertiary/aromatic N) is 3. The van der Waals surface area contributed by atoms with Crippen molar-refractivity contribution in [2.75, 3.05) is 12.4 Å². The van der Waals surface area contributed by atoms with Gasteiger partial charge in [-0.25, -0.2) is 0 Å². The first-order chi connectivity index (χ1) is 9.52. The van der Waals surface area contributed by atoms with Gasteiger partial charge in [-0.15, -0.1) is 0 Å². The summed E-state index contributed by atoms with van der Waals surface area (Å²) in [5.41, 5.74) is 0.972. The first-order valence-corrected chi connectivity index (χ1v) is 6.15. The topological polar surface area (TPSA) is 82.2 Å². The molecule has 0 saturated heterocycles. The van der Waals surface area contributed by atoms with Gasteiger partial charge in [-0.3, -0.25) is 14.8 Å². The normalized spacial score (nSPS) is 10.6. The number of hydrogen-bond donors (Lipinski definition) is 1. The van der Waals surface area contributed by atoms with Crippen LogP contribution in [0.4, 0.5) is 17.1 Å². The molecule has 2 rings (SSSR count). The highest BCUT2D eigenvalue weighted by atomic mass is 16.6. The number of methoxy groups -OCH3 is 1. The quantitative estimate of drug-likeness (QED) is 0.670. The van der Waals surface area contributed by atoms with E-state index >= 15 is 0 Å². The Hall–Kier alpha value is -2.57. The molecule has 0 saturated carbocycles. The van der Waals surface area contributed by atoms with Gasteiger partial charge in [0.25, 0.3) is 0 Å². The molecule has 0 aliphatic rings. The molecule has 7 heteroatoms. The van der Waals surface area contributed by atoms with E-state index in [1.807, 2.05) is 13.8 Å². The van der Waals surface area contributed by atoms with Crippen LogP contribution in [0.5, 0.6) is 5.75 Å². The highest BCUT2D eigenvalue weighted by Crippen LogP contribution is 2.36. The second kappa shape index (κ2) is 5.60. The second-order valence-corrected chi connectivity index (χ2v) is 4.54. The summed E-state index contributed by atoms with van der Waals surface area (Å²) in [5, 5.41) is 18.4. The molecule has 1 aromatic heterocycles. The number of nitro groups is 1. The second-order valence-electron chi connectivity index (χ2n) is 4.54. The molecule has 0 unspecified atom stereocenters. The van der Waals surface area contributed by atoms with Crippen LogP contribution in [0, 0.1) is 10.1 Å². The number of rotatable bonds is 5. The summed E-state index contributed by atoms with van der Waals surface area (Å²) in [6, 6.07) is 5.11. The highest BCUT2D eigenvalue weighted by molar-refractivity contribution is 5.73. The molecule has 106 valence electrons. The number of anilines is 2. The average Bonchev–Trinajstić information content (AvgIpc) is 2.86. The highest BCUT2D eigenvalue weighted by Gasteiger charge is 2.20. The molecule has 0 amide bonds. The Bertz CT molecular complexity index is 622. The summed E-state index contributed by atoms with van der Waals surface area (Å²) in [5.74, 6) is 0.219. The van der Waals surface area contributed by atoms with Crippen LogP contribution in [0.1, 0.15) is 19.9 Å². The zero-order chi connectivity index (χ0) is 14.7. The van der Waals surface area contributed by atoms with Crippen LogP contribution in [-0.2, 0) is 0 Å². The SMILES string of the molecule is COc1cccc(Nc2cnn(C(C)C)c2)c1[N+](=O)[O-]. The van der Waals surface area contributed by atoms with Crippen molar-refractivity contribution in [3.8, 4) is 5.75 Å². The summed E-state index contributed by atoms with van der Waals surface area (Å²) >= 11 is 0. The van der Waals surface area contributed by atoms with E-state index in [-0.39, 0.29) is 17.5 Å².